The van der Waals surface area contributed by atoms with Crippen LogP contribution in [-0.4, -0.2) is 17.6 Å². The molecule has 1 N–H and O–H groups in total. The normalized spacial score (nSPS) is 12.8. The topological polar surface area (TPSA) is 24.9 Å². The minimum atomic E-state index is 0.533. The van der Waals surface area contributed by atoms with E-state index < -0.39 is 0 Å². The van der Waals surface area contributed by atoms with Crippen molar-refractivity contribution in [3.05, 3.63) is 38.5 Å². The van der Waals surface area contributed by atoms with Crippen LogP contribution in [0.2, 0.25) is 0 Å². The first kappa shape index (κ1) is 13.7. The van der Waals surface area contributed by atoms with E-state index in [1.807, 2.05) is 17.5 Å². The number of nitrogens with one attached hydrogen (secondary N) is 1. The summed E-state index contributed by atoms with van der Waals surface area (Å²) < 4.78 is 0. The molecule has 0 saturated heterocycles. The zero-order valence-corrected chi connectivity index (χ0v) is 12.6. The lowest BCUT2D eigenvalue weighted by Gasteiger charge is -2.12. The molecule has 98 valence electrons. The fourth-order valence-electron chi connectivity index (χ4n) is 1.89. The van der Waals surface area contributed by atoms with E-state index in [2.05, 4.69) is 41.0 Å². The quantitative estimate of drug-likeness (QED) is 0.839. The van der Waals surface area contributed by atoms with E-state index in [9.17, 15) is 0 Å². The van der Waals surface area contributed by atoms with Crippen LogP contribution >= 0.6 is 22.7 Å². The first-order valence-electron chi connectivity index (χ1n) is 6.46. The van der Waals surface area contributed by atoms with Gasteiger partial charge in [-0.3, -0.25) is 0 Å². The predicted molar refractivity (Wildman–Crippen MR) is 80.7 cm³/mol. The van der Waals surface area contributed by atoms with Crippen molar-refractivity contribution >= 4 is 22.7 Å². The van der Waals surface area contributed by atoms with Crippen molar-refractivity contribution in [1.29, 1.82) is 0 Å². The number of hydrogen-bond donors (Lipinski definition) is 1. The van der Waals surface area contributed by atoms with E-state index in [0.717, 1.165) is 25.8 Å². The van der Waals surface area contributed by atoms with E-state index in [4.69, 9.17) is 0 Å². The van der Waals surface area contributed by atoms with E-state index in [1.54, 1.807) is 11.3 Å². The van der Waals surface area contributed by atoms with Gasteiger partial charge < -0.3 is 5.32 Å². The number of aryl methyl sites for hydroxylation is 1. The third-order valence-corrected chi connectivity index (χ3v) is 4.84. The van der Waals surface area contributed by atoms with E-state index in [0.29, 0.717) is 6.04 Å². The van der Waals surface area contributed by atoms with Gasteiger partial charge >= 0.3 is 0 Å². The van der Waals surface area contributed by atoms with Crippen molar-refractivity contribution in [3.63, 3.8) is 0 Å². The summed E-state index contributed by atoms with van der Waals surface area (Å²) in [7, 11) is 0. The standard InChI is InChI=1S/C14H20N2S2/c1-3-13-9-16-14(18-13)4-6-15-11(2)8-12-5-7-17-10-12/h5,7,9-11,15H,3-4,6,8H2,1-2H3/t11-/m1/s1. The summed E-state index contributed by atoms with van der Waals surface area (Å²) in [4.78, 5) is 5.83. The van der Waals surface area contributed by atoms with Crippen LogP contribution in [0, 0.1) is 0 Å². The van der Waals surface area contributed by atoms with Gasteiger partial charge in [-0.1, -0.05) is 6.92 Å². The maximum atomic E-state index is 4.44. The molecule has 0 aliphatic rings. The second-order valence-corrected chi connectivity index (χ2v) is 6.49. The summed E-state index contributed by atoms with van der Waals surface area (Å²) in [6, 6.07) is 2.74. The Bertz CT molecular complexity index is 448. The molecule has 2 heterocycles. The molecule has 2 rings (SSSR count). The smallest absolute Gasteiger partial charge is 0.0940 e. The number of rotatable bonds is 7. The van der Waals surface area contributed by atoms with Crippen LogP contribution in [0.25, 0.3) is 0 Å². The van der Waals surface area contributed by atoms with E-state index in [1.165, 1.54) is 15.4 Å². The maximum absolute atomic E-state index is 4.44. The summed E-state index contributed by atoms with van der Waals surface area (Å²) in [6.45, 7) is 5.44. The van der Waals surface area contributed by atoms with Gasteiger partial charge in [0.2, 0.25) is 0 Å². The molecular formula is C14H20N2S2. The largest absolute Gasteiger partial charge is 0.314 e. The molecule has 0 radical (unpaired) electrons. The van der Waals surface area contributed by atoms with Crippen LogP contribution in [0.4, 0.5) is 0 Å². The zero-order chi connectivity index (χ0) is 12.8. The number of aromatic nitrogens is 1. The van der Waals surface area contributed by atoms with Crippen molar-refractivity contribution < 1.29 is 0 Å². The highest BCUT2D eigenvalue weighted by molar-refractivity contribution is 7.11. The molecule has 1 atom stereocenters. The molecule has 2 aromatic heterocycles. The zero-order valence-electron chi connectivity index (χ0n) is 11.0. The summed E-state index contributed by atoms with van der Waals surface area (Å²) >= 11 is 3.61. The Balaban J connectivity index is 1.68. The van der Waals surface area contributed by atoms with Gasteiger partial charge in [0.1, 0.15) is 0 Å². The van der Waals surface area contributed by atoms with Crippen LogP contribution in [0.5, 0.6) is 0 Å². The SMILES string of the molecule is CCc1cnc(CCN[C@H](C)Cc2ccsc2)s1. The van der Waals surface area contributed by atoms with Crippen LogP contribution in [0.3, 0.4) is 0 Å². The number of thiophene rings is 1. The number of hydrogen-bond acceptors (Lipinski definition) is 4. The van der Waals surface area contributed by atoms with Gasteiger partial charge in [0.15, 0.2) is 0 Å². The second-order valence-electron chi connectivity index (χ2n) is 4.51. The van der Waals surface area contributed by atoms with E-state index >= 15 is 0 Å². The third-order valence-electron chi connectivity index (χ3n) is 2.90. The molecule has 2 nitrogen and oxygen atoms in total. The Morgan fingerprint density at radius 2 is 2.33 bits per heavy atom. The highest BCUT2D eigenvalue weighted by Gasteiger charge is 2.04. The molecule has 2 aromatic rings. The first-order valence-corrected chi connectivity index (χ1v) is 8.22. The molecule has 0 aliphatic carbocycles. The van der Waals surface area contributed by atoms with Gasteiger partial charge in [-0.15, -0.1) is 11.3 Å². The van der Waals surface area contributed by atoms with Gasteiger partial charge in [-0.2, -0.15) is 11.3 Å². The maximum Gasteiger partial charge on any atom is 0.0940 e. The number of thiazole rings is 1. The van der Waals surface area contributed by atoms with E-state index in [-0.39, 0.29) is 0 Å². The minimum absolute atomic E-state index is 0.533. The second kappa shape index (κ2) is 7.02. The van der Waals surface area contributed by atoms with Gasteiger partial charge in [-0.25, -0.2) is 4.98 Å². The van der Waals surface area contributed by atoms with Crippen molar-refractivity contribution in [2.24, 2.45) is 0 Å². The molecule has 0 fully saturated rings. The summed E-state index contributed by atoms with van der Waals surface area (Å²) in [5.41, 5.74) is 1.43. The van der Waals surface area contributed by atoms with Crippen molar-refractivity contribution in [1.82, 2.24) is 10.3 Å². The van der Waals surface area contributed by atoms with Crippen molar-refractivity contribution in [3.8, 4) is 0 Å². The highest BCUT2D eigenvalue weighted by atomic mass is 32.1. The van der Waals surface area contributed by atoms with Gasteiger partial charge in [0, 0.05) is 30.1 Å². The molecule has 0 bridgehead atoms. The van der Waals surface area contributed by atoms with Crippen LogP contribution < -0.4 is 5.32 Å². The predicted octanol–water partition coefficient (Wildman–Crippen LogP) is 3.53. The lowest BCUT2D eigenvalue weighted by atomic mass is 10.1. The Labute approximate surface area is 117 Å². The van der Waals surface area contributed by atoms with Gasteiger partial charge in [-0.05, 0) is 42.2 Å². The van der Waals surface area contributed by atoms with Crippen molar-refractivity contribution in [2.75, 3.05) is 6.54 Å². The Hall–Kier alpha value is -0.710. The summed E-state index contributed by atoms with van der Waals surface area (Å²) in [6.07, 6.45) is 5.26. The van der Waals surface area contributed by atoms with Crippen molar-refractivity contribution in [2.45, 2.75) is 39.2 Å². The Morgan fingerprint density at radius 3 is 3.00 bits per heavy atom. The molecule has 0 aliphatic heterocycles. The monoisotopic (exact) mass is 280 g/mol. The summed E-state index contributed by atoms with van der Waals surface area (Å²) in [5, 5.41) is 9.19. The molecule has 18 heavy (non-hydrogen) atoms. The lowest BCUT2D eigenvalue weighted by molar-refractivity contribution is 0.548. The van der Waals surface area contributed by atoms with Gasteiger partial charge in [0.25, 0.3) is 0 Å². The van der Waals surface area contributed by atoms with Crippen LogP contribution in [0.15, 0.2) is 23.0 Å². The fraction of sp³-hybridized carbons (Fsp3) is 0.500. The van der Waals surface area contributed by atoms with Crippen LogP contribution in [0.1, 0.15) is 29.3 Å². The fourth-order valence-corrected chi connectivity index (χ4v) is 3.43. The average molecular weight is 280 g/mol. The Morgan fingerprint density at radius 1 is 1.44 bits per heavy atom. The molecule has 4 heteroatoms. The molecule has 0 amide bonds. The third kappa shape index (κ3) is 4.19. The van der Waals surface area contributed by atoms with Crippen LogP contribution in [-0.2, 0) is 19.3 Å². The molecule has 0 spiro atoms. The first-order chi connectivity index (χ1) is 8.78. The molecule has 0 saturated carbocycles. The summed E-state index contributed by atoms with van der Waals surface area (Å²) in [5.74, 6) is 0. The average Bonchev–Trinajstić information content (AvgIpc) is 3.00. The highest BCUT2D eigenvalue weighted by Crippen LogP contribution is 2.13. The minimum Gasteiger partial charge on any atom is -0.314 e. The molecule has 0 unspecified atom stereocenters. The lowest BCUT2D eigenvalue weighted by Crippen LogP contribution is -2.29. The van der Waals surface area contributed by atoms with Gasteiger partial charge in [0.05, 0.1) is 5.01 Å². The molecule has 0 aromatic carbocycles. The number of nitrogens with zero attached hydrogens (tertiary/aromatic N) is 1. The Kier molecular flexibility index (Phi) is 5.35. The molecular weight excluding hydrogens is 260 g/mol.